The van der Waals surface area contributed by atoms with Gasteiger partial charge in [0.1, 0.15) is 16.7 Å². The Balaban J connectivity index is 1.82. The number of esters is 1. The molecule has 0 aliphatic rings. The van der Waals surface area contributed by atoms with Crippen molar-refractivity contribution in [1.29, 1.82) is 0 Å². The predicted molar refractivity (Wildman–Crippen MR) is 114 cm³/mol. The molecular weight excluding hydrogens is 380 g/mol. The van der Waals surface area contributed by atoms with Crippen molar-refractivity contribution in [2.75, 3.05) is 7.11 Å². The smallest absolute Gasteiger partial charge is 0.343 e. The Morgan fingerprint density at radius 1 is 0.867 bits per heavy atom. The highest BCUT2D eigenvalue weighted by atomic mass is 16.5. The van der Waals surface area contributed by atoms with E-state index in [1.54, 1.807) is 18.2 Å². The van der Waals surface area contributed by atoms with Gasteiger partial charge in [-0.2, -0.15) is 0 Å². The van der Waals surface area contributed by atoms with Gasteiger partial charge >= 0.3 is 11.6 Å². The molecule has 4 rings (SSSR count). The summed E-state index contributed by atoms with van der Waals surface area (Å²) in [5.41, 5.74) is 1.77. The van der Waals surface area contributed by atoms with Crippen LogP contribution in [0.1, 0.15) is 16.7 Å². The van der Waals surface area contributed by atoms with Crippen molar-refractivity contribution in [3.63, 3.8) is 0 Å². The fraction of sp³-hybridized carbons (Fsp3) is 0.120. The molecule has 0 aliphatic heterocycles. The molecule has 30 heavy (non-hydrogen) atoms. The second kappa shape index (κ2) is 8.66. The third-order valence-electron chi connectivity index (χ3n) is 4.79. The maximum atomic E-state index is 12.8. The largest absolute Gasteiger partial charge is 0.496 e. The zero-order valence-electron chi connectivity index (χ0n) is 16.5. The van der Waals surface area contributed by atoms with E-state index in [2.05, 4.69) is 0 Å². The van der Waals surface area contributed by atoms with Crippen molar-refractivity contribution in [1.82, 2.24) is 0 Å². The Labute approximate surface area is 173 Å². The zero-order valence-corrected chi connectivity index (χ0v) is 16.5. The van der Waals surface area contributed by atoms with Gasteiger partial charge in [-0.1, -0.05) is 66.7 Å². The normalized spacial score (nSPS) is 10.7. The lowest BCUT2D eigenvalue weighted by molar-refractivity contribution is -0.133. The molecule has 0 amide bonds. The van der Waals surface area contributed by atoms with Gasteiger partial charge in [0, 0.05) is 6.42 Å². The quantitative estimate of drug-likeness (QED) is 0.351. The van der Waals surface area contributed by atoms with Crippen LogP contribution in [0, 0.1) is 0 Å². The van der Waals surface area contributed by atoms with Crippen molar-refractivity contribution in [2.24, 2.45) is 0 Å². The summed E-state index contributed by atoms with van der Waals surface area (Å²) in [5.74, 6) is 0.185. The van der Waals surface area contributed by atoms with E-state index < -0.39 is 11.6 Å². The van der Waals surface area contributed by atoms with Gasteiger partial charge in [-0.25, -0.2) is 4.79 Å². The molecule has 1 heterocycles. The van der Waals surface area contributed by atoms with Gasteiger partial charge in [-0.15, -0.1) is 0 Å². The topological polar surface area (TPSA) is 65.7 Å². The minimum atomic E-state index is -0.540. The lowest BCUT2D eigenvalue weighted by Crippen LogP contribution is -2.17. The fourth-order valence-corrected chi connectivity index (χ4v) is 3.37. The standard InChI is InChI=1S/C25H20O5/c1-28-20-13-8-14-21-23(20)24(30-22(26)16-18-11-6-3-7-12-18)19(25(27)29-21)15-17-9-4-2-5-10-17/h2-14H,15-16H2,1H3. The molecule has 0 saturated heterocycles. The average Bonchev–Trinajstić information content (AvgIpc) is 2.77. The van der Waals surface area contributed by atoms with E-state index in [1.165, 1.54) is 7.11 Å². The maximum Gasteiger partial charge on any atom is 0.343 e. The summed E-state index contributed by atoms with van der Waals surface area (Å²) in [5, 5.41) is 0.465. The lowest BCUT2D eigenvalue weighted by Gasteiger charge is -2.14. The molecule has 0 spiro atoms. The zero-order chi connectivity index (χ0) is 20.9. The van der Waals surface area contributed by atoms with Crippen molar-refractivity contribution in [3.8, 4) is 11.5 Å². The van der Waals surface area contributed by atoms with E-state index in [4.69, 9.17) is 13.9 Å². The van der Waals surface area contributed by atoms with Crippen molar-refractivity contribution in [3.05, 3.63) is 106 Å². The number of carbonyl (C=O) groups is 1. The second-order valence-electron chi connectivity index (χ2n) is 6.83. The summed E-state index contributed by atoms with van der Waals surface area (Å²) in [6, 6.07) is 23.9. The number of carbonyl (C=O) groups excluding carboxylic acids is 1. The molecule has 4 aromatic rings. The van der Waals surface area contributed by atoms with E-state index in [1.807, 2.05) is 60.7 Å². The Bertz CT molecular complexity index is 1230. The Morgan fingerprint density at radius 3 is 2.20 bits per heavy atom. The second-order valence-corrected chi connectivity index (χ2v) is 6.83. The van der Waals surface area contributed by atoms with E-state index in [0.29, 0.717) is 16.7 Å². The van der Waals surface area contributed by atoms with Crippen molar-refractivity contribution >= 4 is 16.9 Å². The van der Waals surface area contributed by atoms with E-state index in [0.717, 1.165) is 11.1 Å². The van der Waals surface area contributed by atoms with Gasteiger partial charge in [-0.05, 0) is 23.3 Å². The first-order valence-corrected chi connectivity index (χ1v) is 9.57. The predicted octanol–water partition coefficient (Wildman–Crippen LogP) is 4.54. The van der Waals surface area contributed by atoms with Gasteiger partial charge in [0.15, 0.2) is 5.75 Å². The molecular formula is C25H20O5. The van der Waals surface area contributed by atoms with E-state index >= 15 is 0 Å². The molecule has 3 aromatic carbocycles. The van der Waals surface area contributed by atoms with Crippen LogP contribution in [0.4, 0.5) is 0 Å². The molecule has 0 radical (unpaired) electrons. The van der Waals surface area contributed by atoms with Crippen LogP contribution >= 0.6 is 0 Å². The Kier molecular flexibility index (Phi) is 5.61. The highest BCUT2D eigenvalue weighted by Gasteiger charge is 2.22. The fourth-order valence-electron chi connectivity index (χ4n) is 3.37. The van der Waals surface area contributed by atoms with Crippen LogP contribution in [0.25, 0.3) is 11.0 Å². The number of fused-ring (bicyclic) bond motifs is 1. The molecule has 0 unspecified atom stereocenters. The number of methoxy groups -OCH3 is 1. The minimum absolute atomic E-state index is 0.0858. The van der Waals surface area contributed by atoms with Gasteiger partial charge in [0.05, 0.1) is 19.1 Å². The van der Waals surface area contributed by atoms with Crippen LogP contribution in [-0.4, -0.2) is 13.1 Å². The van der Waals surface area contributed by atoms with E-state index in [-0.39, 0.29) is 24.2 Å². The van der Waals surface area contributed by atoms with Gasteiger partial charge in [0.25, 0.3) is 0 Å². The van der Waals surface area contributed by atoms with Gasteiger partial charge < -0.3 is 13.9 Å². The number of benzene rings is 3. The van der Waals surface area contributed by atoms with E-state index in [9.17, 15) is 9.59 Å². The molecule has 0 saturated carbocycles. The highest BCUT2D eigenvalue weighted by molar-refractivity contribution is 5.93. The van der Waals surface area contributed by atoms with Gasteiger partial charge in [0.2, 0.25) is 0 Å². The summed E-state index contributed by atoms with van der Waals surface area (Å²) >= 11 is 0. The van der Waals surface area contributed by atoms with Crippen LogP contribution in [0.5, 0.6) is 11.5 Å². The lowest BCUT2D eigenvalue weighted by atomic mass is 10.0. The first kappa shape index (κ1) is 19.5. The average molecular weight is 400 g/mol. The third kappa shape index (κ3) is 4.10. The molecule has 0 bridgehead atoms. The first-order chi connectivity index (χ1) is 14.7. The Hall–Kier alpha value is -3.86. The van der Waals surface area contributed by atoms with Crippen LogP contribution in [-0.2, 0) is 17.6 Å². The number of hydrogen-bond donors (Lipinski definition) is 0. The molecule has 1 aromatic heterocycles. The molecule has 0 fully saturated rings. The summed E-state index contributed by atoms with van der Waals surface area (Å²) in [6.45, 7) is 0. The van der Waals surface area contributed by atoms with Crippen molar-refractivity contribution in [2.45, 2.75) is 12.8 Å². The summed E-state index contributed by atoms with van der Waals surface area (Å²) in [4.78, 5) is 25.5. The number of rotatable bonds is 6. The van der Waals surface area contributed by atoms with Crippen molar-refractivity contribution < 1.29 is 18.7 Å². The number of hydrogen-bond acceptors (Lipinski definition) is 5. The monoisotopic (exact) mass is 400 g/mol. The summed E-state index contributed by atoms with van der Waals surface area (Å²) in [7, 11) is 1.52. The molecule has 0 aliphatic carbocycles. The molecule has 5 heteroatoms. The van der Waals surface area contributed by atoms with Gasteiger partial charge in [-0.3, -0.25) is 4.79 Å². The summed E-state index contributed by atoms with van der Waals surface area (Å²) < 4.78 is 16.8. The Morgan fingerprint density at radius 2 is 1.53 bits per heavy atom. The van der Waals surface area contributed by atoms with Crippen LogP contribution in [0.15, 0.2) is 88.1 Å². The SMILES string of the molecule is COc1cccc2oc(=O)c(Cc3ccccc3)c(OC(=O)Cc3ccccc3)c12. The molecule has 0 N–H and O–H groups in total. The molecule has 5 nitrogen and oxygen atoms in total. The minimum Gasteiger partial charge on any atom is -0.496 e. The first-order valence-electron chi connectivity index (χ1n) is 9.57. The van der Waals surface area contributed by atoms with Crippen LogP contribution in [0.3, 0.4) is 0 Å². The third-order valence-corrected chi connectivity index (χ3v) is 4.79. The molecule has 150 valence electrons. The summed E-state index contributed by atoms with van der Waals surface area (Å²) in [6.07, 6.45) is 0.355. The molecule has 0 atom stereocenters. The highest BCUT2D eigenvalue weighted by Crippen LogP contribution is 2.36. The van der Waals surface area contributed by atoms with Crippen LogP contribution in [0.2, 0.25) is 0 Å². The maximum absolute atomic E-state index is 12.8. The number of ether oxygens (including phenoxy) is 2. The van der Waals surface area contributed by atoms with Crippen LogP contribution < -0.4 is 15.1 Å².